The Morgan fingerprint density at radius 1 is 1.09 bits per heavy atom. The van der Waals surface area contributed by atoms with E-state index in [4.69, 9.17) is 0 Å². The number of hydrogen-bond acceptors (Lipinski definition) is 6. The van der Waals surface area contributed by atoms with Gasteiger partial charge in [0, 0.05) is 30.6 Å². The van der Waals surface area contributed by atoms with Gasteiger partial charge in [-0.1, -0.05) is 12.1 Å². The predicted molar refractivity (Wildman–Crippen MR) is 155 cm³/mol. The van der Waals surface area contributed by atoms with Crippen LogP contribution >= 0.6 is 11.8 Å². The Morgan fingerprint density at radius 2 is 1.84 bits per heavy atom. The number of aromatic nitrogens is 2. The Bertz CT molecular complexity index is 1670. The quantitative estimate of drug-likeness (QED) is 0.299. The summed E-state index contributed by atoms with van der Waals surface area (Å²) in [7, 11) is 0. The molecule has 0 spiro atoms. The fourth-order valence-corrected chi connectivity index (χ4v) is 5.83. The molecule has 3 aromatic rings. The number of nitrogens with zero attached hydrogens (tertiary/aromatic N) is 4. The number of amidine groups is 1. The molecule has 1 aromatic heterocycles. The van der Waals surface area contributed by atoms with E-state index in [1.807, 2.05) is 25.7 Å². The van der Waals surface area contributed by atoms with Gasteiger partial charge in [-0.15, -0.1) is 0 Å². The number of carbonyl (C=O) groups excluding carboxylic acids is 2. The highest BCUT2D eigenvalue weighted by molar-refractivity contribution is 8.18. The van der Waals surface area contributed by atoms with Crippen molar-refractivity contribution in [1.29, 1.82) is 0 Å². The molecule has 3 heterocycles. The minimum absolute atomic E-state index is 0.110. The maximum Gasteiger partial charge on any atom is 0.416 e. The molecule has 15 heteroatoms. The second-order valence-electron chi connectivity index (χ2n) is 11.5. The number of benzene rings is 2. The first-order valence-electron chi connectivity index (χ1n) is 13.5. The molecule has 44 heavy (non-hydrogen) atoms. The van der Waals surface area contributed by atoms with E-state index in [0.29, 0.717) is 52.2 Å². The molecule has 2 aromatic carbocycles. The van der Waals surface area contributed by atoms with E-state index in [1.54, 1.807) is 24.3 Å². The highest BCUT2D eigenvalue weighted by atomic mass is 32.2. The summed E-state index contributed by atoms with van der Waals surface area (Å²) in [5.74, 6) is -0.577. The summed E-state index contributed by atoms with van der Waals surface area (Å²) in [5.41, 5.74) is -2.43. The number of thioether (sulfide) groups is 1. The van der Waals surface area contributed by atoms with Crippen molar-refractivity contribution < 1.29 is 35.9 Å². The number of carbonyl (C=O) groups is 2. The Kier molecular flexibility index (Phi) is 8.31. The van der Waals surface area contributed by atoms with Crippen LogP contribution in [0.1, 0.15) is 43.0 Å². The maximum atomic E-state index is 13.6. The van der Waals surface area contributed by atoms with E-state index in [2.05, 4.69) is 20.7 Å². The average molecular weight is 639 g/mol. The molecule has 8 nitrogen and oxygen atoms in total. The Balaban J connectivity index is 1.31. The summed E-state index contributed by atoms with van der Waals surface area (Å²) >= 11 is 1.19. The second kappa shape index (κ2) is 11.6. The van der Waals surface area contributed by atoms with Crippen LogP contribution in [0, 0.1) is 0 Å². The third-order valence-corrected chi connectivity index (χ3v) is 7.94. The lowest BCUT2D eigenvalue weighted by Gasteiger charge is -2.35. The topological polar surface area (TPSA) is 91.6 Å². The van der Waals surface area contributed by atoms with Crippen LogP contribution in [-0.2, 0) is 28.5 Å². The second-order valence-corrected chi connectivity index (χ2v) is 12.5. The molecule has 0 bridgehead atoms. The van der Waals surface area contributed by atoms with Gasteiger partial charge in [0.15, 0.2) is 5.17 Å². The van der Waals surface area contributed by atoms with Crippen LogP contribution in [0.25, 0.3) is 17.0 Å². The normalized spacial score (nSPS) is 19.2. The summed E-state index contributed by atoms with van der Waals surface area (Å²) in [4.78, 5) is 31.8. The molecular weight excluding hydrogens is 610 g/mol. The molecule has 0 unspecified atom stereocenters. The van der Waals surface area contributed by atoms with E-state index in [0.717, 1.165) is 6.07 Å². The molecule has 0 radical (unpaired) electrons. The van der Waals surface area contributed by atoms with Gasteiger partial charge < -0.3 is 15.5 Å². The number of piperazine rings is 1. The first-order valence-corrected chi connectivity index (χ1v) is 14.4. The maximum absolute atomic E-state index is 13.6. The SMILES string of the molecule is CC(C)(C)NC(=O)[C@@H]1CN(C2=NC(=O)/C(=C/c3ccc4c(cnn4Cc4ccc(C(F)(F)F)cc4C(F)(F)F)c3)S2)CCN1. The Hall–Kier alpha value is -3.85. The number of amides is 2. The third-order valence-electron chi connectivity index (χ3n) is 6.90. The fourth-order valence-electron chi connectivity index (χ4n) is 4.88. The minimum atomic E-state index is -4.99. The van der Waals surface area contributed by atoms with Gasteiger partial charge in [0.25, 0.3) is 5.91 Å². The molecule has 2 N–H and O–H groups in total. The van der Waals surface area contributed by atoms with Gasteiger partial charge in [-0.2, -0.15) is 36.4 Å². The molecule has 2 aliphatic heterocycles. The number of halogens is 6. The zero-order valence-corrected chi connectivity index (χ0v) is 24.6. The van der Waals surface area contributed by atoms with Gasteiger partial charge in [-0.05, 0) is 74.0 Å². The van der Waals surface area contributed by atoms with Gasteiger partial charge >= 0.3 is 12.4 Å². The van der Waals surface area contributed by atoms with E-state index < -0.39 is 47.5 Å². The van der Waals surface area contributed by atoms with Crippen molar-refractivity contribution in [2.45, 2.75) is 51.2 Å². The minimum Gasteiger partial charge on any atom is -0.350 e. The Morgan fingerprint density at radius 3 is 2.52 bits per heavy atom. The molecule has 0 aliphatic carbocycles. The average Bonchev–Trinajstić information content (AvgIpc) is 3.49. The van der Waals surface area contributed by atoms with Crippen LogP contribution in [0.2, 0.25) is 0 Å². The van der Waals surface area contributed by atoms with Gasteiger partial charge in [0.1, 0.15) is 6.04 Å². The lowest BCUT2D eigenvalue weighted by molar-refractivity contribution is -0.143. The highest BCUT2D eigenvalue weighted by Gasteiger charge is 2.38. The lowest BCUT2D eigenvalue weighted by atomic mass is 10.0. The predicted octanol–water partition coefficient (Wildman–Crippen LogP) is 5.28. The van der Waals surface area contributed by atoms with Gasteiger partial charge in [-0.25, -0.2) is 0 Å². The number of rotatable bonds is 4. The summed E-state index contributed by atoms with van der Waals surface area (Å²) in [6.45, 7) is 6.71. The number of nitrogens with one attached hydrogen (secondary N) is 2. The summed E-state index contributed by atoms with van der Waals surface area (Å²) in [5, 5.41) is 11.3. The van der Waals surface area contributed by atoms with E-state index >= 15 is 0 Å². The van der Waals surface area contributed by atoms with Crippen LogP contribution in [-0.4, -0.2) is 62.9 Å². The van der Waals surface area contributed by atoms with E-state index in [-0.39, 0.29) is 17.5 Å². The van der Waals surface area contributed by atoms with Crippen molar-refractivity contribution in [3.05, 3.63) is 69.8 Å². The number of alkyl halides is 6. The zero-order chi connectivity index (χ0) is 32.0. The van der Waals surface area contributed by atoms with Crippen LogP contribution in [0.5, 0.6) is 0 Å². The summed E-state index contributed by atoms with van der Waals surface area (Å²) in [6.07, 6.45) is -6.83. The van der Waals surface area contributed by atoms with Crippen molar-refractivity contribution in [3.63, 3.8) is 0 Å². The lowest BCUT2D eigenvalue weighted by Crippen LogP contribution is -2.60. The van der Waals surface area contributed by atoms with Crippen molar-refractivity contribution in [2.24, 2.45) is 4.99 Å². The Labute approximate surface area is 252 Å². The van der Waals surface area contributed by atoms with Crippen molar-refractivity contribution in [3.8, 4) is 0 Å². The molecule has 0 saturated carbocycles. The molecule has 2 aliphatic rings. The number of aliphatic imine (C=N–C) groups is 1. The van der Waals surface area contributed by atoms with Crippen LogP contribution in [0.4, 0.5) is 26.3 Å². The largest absolute Gasteiger partial charge is 0.416 e. The summed E-state index contributed by atoms with van der Waals surface area (Å²) < 4.78 is 81.3. The number of hydrogen-bond donors (Lipinski definition) is 2. The van der Waals surface area contributed by atoms with Crippen molar-refractivity contribution in [2.75, 3.05) is 19.6 Å². The monoisotopic (exact) mass is 638 g/mol. The van der Waals surface area contributed by atoms with Crippen LogP contribution < -0.4 is 10.6 Å². The highest BCUT2D eigenvalue weighted by Crippen LogP contribution is 2.38. The molecule has 2 amide bonds. The van der Waals surface area contributed by atoms with Crippen molar-refractivity contribution >= 4 is 45.7 Å². The summed E-state index contributed by atoms with van der Waals surface area (Å²) in [6, 6.07) is 6.06. The van der Waals surface area contributed by atoms with Gasteiger partial charge in [0.2, 0.25) is 5.91 Å². The van der Waals surface area contributed by atoms with E-state index in [1.165, 1.54) is 22.6 Å². The first-order chi connectivity index (χ1) is 20.5. The smallest absolute Gasteiger partial charge is 0.350 e. The molecule has 234 valence electrons. The molecule has 1 saturated heterocycles. The van der Waals surface area contributed by atoms with Crippen LogP contribution in [0.15, 0.2) is 52.5 Å². The van der Waals surface area contributed by atoms with Crippen molar-refractivity contribution in [1.82, 2.24) is 25.3 Å². The fraction of sp³-hybridized carbons (Fsp3) is 0.379. The zero-order valence-electron chi connectivity index (χ0n) is 23.8. The van der Waals surface area contributed by atoms with E-state index in [9.17, 15) is 35.9 Å². The first kappa shape index (κ1) is 31.6. The number of fused-ring (bicyclic) bond motifs is 1. The standard InChI is InChI=1S/C29H28F6N6O2S/c1-27(2,3)39-24(42)21-15-40(9-8-36-21)26-38-25(43)23(44-26)11-16-4-7-22-18(10-16)13-37-41(22)14-17-5-6-19(28(30,31)32)12-20(17)29(33,34)35/h4-7,10-13,21,36H,8-9,14-15H2,1-3H3,(H,39,42)/b23-11-/t21-/m0/s1. The van der Waals surface area contributed by atoms with Crippen LogP contribution in [0.3, 0.4) is 0 Å². The molecule has 5 rings (SSSR count). The van der Waals surface area contributed by atoms with Gasteiger partial charge in [-0.3, -0.25) is 14.3 Å². The van der Waals surface area contributed by atoms with Gasteiger partial charge in [0.05, 0.1) is 34.3 Å². The molecule has 1 atom stereocenters. The molecular formula is C29H28F6N6O2S. The molecule has 1 fully saturated rings. The third kappa shape index (κ3) is 7.09.